The smallest absolute Gasteiger partial charge is 0.416 e. The summed E-state index contributed by atoms with van der Waals surface area (Å²) in [6.07, 6.45) is -3.13. The van der Waals surface area contributed by atoms with Crippen molar-refractivity contribution in [3.05, 3.63) is 97.0 Å². The van der Waals surface area contributed by atoms with Crippen molar-refractivity contribution in [2.45, 2.75) is 12.8 Å². The van der Waals surface area contributed by atoms with E-state index in [0.717, 1.165) is 18.2 Å². The molecule has 1 saturated heterocycles. The highest BCUT2D eigenvalue weighted by atomic mass is 79.9. The van der Waals surface area contributed by atoms with Crippen LogP contribution >= 0.6 is 43.6 Å². The molecule has 1 aliphatic rings. The molecule has 1 aliphatic heterocycles. The number of alkyl halides is 3. The van der Waals surface area contributed by atoms with Crippen LogP contribution in [0, 0.1) is 5.82 Å². The molecule has 0 bridgehead atoms. The Labute approximate surface area is 240 Å². The summed E-state index contributed by atoms with van der Waals surface area (Å²) in [5, 5.41) is 1.58. The quantitative estimate of drug-likeness (QED) is 0.204. The highest BCUT2D eigenvalue weighted by Crippen LogP contribution is 2.38. The predicted octanol–water partition coefficient (Wildman–Crippen LogP) is 7.62. The molecule has 6 nitrogen and oxygen atoms in total. The van der Waals surface area contributed by atoms with Crippen LogP contribution in [0.2, 0.25) is 0 Å². The number of hydrogen-bond acceptors (Lipinski definition) is 5. The lowest BCUT2D eigenvalue weighted by atomic mass is 10.2. The van der Waals surface area contributed by atoms with Crippen LogP contribution in [-0.4, -0.2) is 28.5 Å². The van der Waals surface area contributed by atoms with Gasteiger partial charge in [0.2, 0.25) is 5.91 Å². The molecular weight excluding hydrogens is 672 g/mol. The van der Waals surface area contributed by atoms with Gasteiger partial charge >= 0.3 is 6.18 Å². The molecule has 0 aliphatic carbocycles. The fourth-order valence-corrected chi connectivity index (χ4v) is 5.78. The molecule has 0 saturated carbocycles. The van der Waals surface area contributed by atoms with Gasteiger partial charge < -0.3 is 10.1 Å². The Morgan fingerprint density at radius 1 is 1.03 bits per heavy atom. The third-order valence-electron chi connectivity index (χ3n) is 5.24. The molecule has 13 heteroatoms. The van der Waals surface area contributed by atoms with Crippen LogP contribution in [0.25, 0.3) is 6.08 Å². The van der Waals surface area contributed by atoms with E-state index in [4.69, 9.17) is 4.74 Å². The summed E-state index contributed by atoms with van der Waals surface area (Å²) in [6, 6.07) is 13.3. The number of halogens is 6. The van der Waals surface area contributed by atoms with Crippen molar-refractivity contribution in [1.29, 1.82) is 0 Å². The zero-order valence-electron chi connectivity index (χ0n) is 19.5. The average molecular weight is 688 g/mol. The SMILES string of the molecule is O=C(CN1C(=O)S/C(=C\c2cc(Br)c(OCc3cccc(F)c3)c(Br)c2)C1=O)Nc1cccc(C(F)(F)F)c1. The normalized spacial score (nSPS) is 14.7. The fourth-order valence-electron chi connectivity index (χ4n) is 3.49. The number of amides is 3. The van der Waals surface area contributed by atoms with E-state index in [9.17, 15) is 31.9 Å². The van der Waals surface area contributed by atoms with Crippen molar-refractivity contribution < 1.29 is 36.7 Å². The summed E-state index contributed by atoms with van der Waals surface area (Å²) in [5.74, 6) is -1.49. The van der Waals surface area contributed by atoms with Gasteiger partial charge in [-0.2, -0.15) is 13.2 Å². The van der Waals surface area contributed by atoms with Gasteiger partial charge in [-0.25, -0.2) is 4.39 Å². The van der Waals surface area contributed by atoms with Gasteiger partial charge in [0.25, 0.3) is 11.1 Å². The van der Waals surface area contributed by atoms with Gasteiger partial charge in [0.1, 0.15) is 24.7 Å². The Morgan fingerprint density at radius 2 is 1.72 bits per heavy atom. The number of carbonyl (C=O) groups is 3. The molecule has 3 aromatic rings. The number of rotatable bonds is 7. The second-order valence-electron chi connectivity index (χ2n) is 8.13. The summed E-state index contributed by atoms with van der Waals surface area (Å²) in [6.45, 7) is -0.561. The number of anilines is 1. The summed E-state index contributed by atoms with van der Waals surface area (Å²) >= 11 is 7.44. The van der Waals surface area contributed by atoms with Crippen LogP contribution in [0.1, 0.15) is 16.7 Å². The van der Waals surface area contributed by atoms with Crippen molar-refractivity contribution in [3.63, 3.8) is 0 Å². The van der Waals surface area contributed by atoms with E-state index in [2.05, 4.69) is 37.2 Å². The Bertz CT molecular complexity index is 1470. The molecule has 0 spiro atoms. The van der Waals surface area contributed by atoms with E-state index in [1.54, 1.807) is 24.3 Å². The molecule has 0 atom stereocenters. The summed E-state index contributed by atoms with van der Waals surface area (Å²) in [4.78, 5) is 38.4. The molecule has 3 aromatic carbocycles. The zero-order chi connectivity index (χ0) is 28.3. The molecular formula is C26H16Br2F4N2O4S. The van der Waals surface area contributed by atoms with Gasteiger partial charge in [0, 0.05) is 5.69 Å². The van der Waals surface area contributed by atoms with Crippen molar-refractivity contribution in [3.8, 4) is 5.75 Å². The summed E-state index contributed by atoms with van der Waals surface area (Å²) in [5.41, 5.74) is 0.0956. The van der Waals surface area contributed by atoms with Crippen molar-refractivity contribution in [2.75, 3.05) is 11.9 Å². The topological polar surface area (TPSA) is 75.7 Å². The number of benzene rings is 3. The molecule has 202 valence electrons. The number of nitrogens with one attached hydrogen (secondary N) is 1. The van der Waals surface area contributed by atoms with E-state index in [1.807, 2.05) is 0 Å². The Kier molecular flexibility index (Phi) is 8.82. The lowest BCUT2D eigenvalue weighted by Crippen LogP contribution is -2.36. The molecule has 0 aromatic heterocycles. The van der Waals surface area contributed by atoms with Gasteiger partial charge in [-0.05, 0) is 103 Å². The van der Waals surface area contributed by atoms with Gasteiger partial charge in [-0.15, -0.1) is 0 Å². The Balaban J connectivity index is 1.43. The van der Waals surface area contributed by atoms with Gasteiger partial charge in [-0.3, -0.25) is 19.3 Å². The third-order valence-corrected chi connectivity index (χ3v) is 7.33. The predicted molar refractivity (Wildman–Crippen MR) is 145 cm³/mol. The van der Waals surface area contributed by atoms with Crippen LogP contribution in [0.3, 0.4) is 0 Å². The van der Waals surface area contributed by atoms with Crippen molar-refractivity contribution in [2.24, 2.45) is 0 Å². The minimum atomic E-state index is -4.59. The van der Waals surface area contributed by atoms with Crippen molar-refractivity contribution in [1.82, 2.24) is 4.90 Å². The number of ether oxygens (including phenoxy) is 1. The minimum absolute atomic E-state index is 0.0547. The number of carbonyl (C=O) groups excluding carboxylic acids is 3. The molecule has 39 heavy (non-hydrogen) atoms. The van der Waals surface area contributed by atoms with E-state index in [1.165, 1.54) is 24.3 Å². The number of hydrogen-bond donors (Lipinski definition) is 1. The first-order valence-corrected chi connectivity index (χ1v) is 13.4. The van der Waals surface area contributed by atoms with Crippen LogP contribution < -0.4 is 10.1 Å². The maximum absolute atomic E-state index is 13.4. The fraction of sp³-hybridized carbons (Fsp3) is 0.115. The van der Waals surface area contributed by atoms with E-state index in [0.29, 0.717) is 42.5 Å². The lowest BCUT2D eigenvalue weighted by molar-refractivity contribution is -0.137. The maximum Gasteiger partial charge on any atom is 0.416 e. The monoisotopic (exact) mass is 686 g/mol. The summed E-state index contributed by atoms with van der Waals surface area (Å²) in [7, 11) is 0. The molecule has 3 amide bonds. The van der Waals surface area contributed by atoms with Crippen LogP contribution in [0.4, 0.5) is 28.0 Å². The first-order valence-electron chi connectivity index (χ1n) is 11.0. The summed E-state index contributed by atoms with van der Waals surface area (Å²) < 4.78 is 59.0. The number of nitrogens with zero attached hydrogens (tertiary/aromatic N) is 1. The van der Waals surface area contributed by atoms with E-state index < -0.39 is 35.3 Å². The molecule has 0 unspecified atom stereocenters. The van der Waals surface area contributed by atoms with Crippen LogP contribution in [0.5, 0.6) is 5.75 Å². The second kappa shape index (κ2) is 11.9. The number of imide groups is 1. The third kappa shape index (κ3) is 7.28. The molecule has 1 fully saturated rings. The van der Waals surface area contributed by atoms with Crippen molar-refractivity contribution >= 4 is 72.4 Å². The molecule has 0 radical (unpaired) electrons. The van der Waals surface area contributed by atoms with Gasteiger partial charge in [0.05, 0.1) is 19.4 Å². The van der Waals surface area contributed by atoms with Gasteiger partial charge in [0.15, 0.2) is 0 Å². The lowest BCUT2D eigenvalue weighted by Gasteiger charge is -2.13. The zero-order valence-corrected chi connectivity index (χ0v) is 23.5. The standard InChI is InChI=1S/C26H16Br2F4N2O4S/c27-19-8-15(9-20(28)23(19)38-13-14-3-1-5-17(29)7-14)10-21-24(36)34(25(37)39-21)12-22(35)33-18-6-2-4-16(11-18)26(30,31)32/h1-11H,12-13H2,(H,33,35)/b21-10-. The number of thioether (sulfide) groups is 1. The first-order chi connectivity index (χ1) is 18.4. The Hall–Kier alpha value is -3.16. The van der Waals surface area contributed by atoms with Gasteiger partial charge in [-0.1, -0.05) is 18.2 Å². The molecule has 1 N–H and O–H groups in total. The molecule has 4 rings (SSSR count). The van der Waals surface area contributed by atoms with E-state index >= 15 is 0 Å². The Morgan fingerprint density at radius 3 is 2.38 bits per heavy atom. The van der Waals surface area contributed by atoms with E-state index in [-0.39, 0.29) is 23.0 Å². The maximum atomic E-state index is 13.4. The average Bonchev–Trinajstić information content (AvgIpc) is 3.10. The highest BCUT2D eigenvalue weighted by molar-refractivity contribution is 9.11. The first kappa shape index (κ1) is 28.8. The second-order valence-corrected chi connectivity index (χ2v) is 10.8. The van der Waals surface area contributed by atoms with Crippen LogP contribution in [0.15, 0.2) is 74.5 Å². The van der Waals surface area contributed by atoms with Crippen LogP contribution in [-0.2, 0) is 22.4 Å². The largest absolute Gasteiger partial charge is 0.487 e. The molecule has 1 heterocycles. The minimum Gasteiger partial charge on any atom is -0.487 e. The highest BCUT2D eigenvalue weighted by Gasteiger charge is 2.36.